The van der Waals surface area contributed by atoms with Gasteiger partial charge >= 0.3 is 0 Å². The number of hydrogen-bond acceptors (Lipinski definition) is 4. The van der Waals surface area contributed by atoms with Gasteiger partial charge in [-0.15, -0.1) is 11.3 Å². The van der Waals surface area contributed by atoms with Gasteiger partial charge in [0.25, 0.3) is 0 Å². The fourth-order valence-corrected chi connectivity index (χ4v) is 2.80. The van der Waals surface area contributed by atoms with Crippen molar-refractivity contribution >= 4 is 11.3 Å². The quantitative estimate of drug-likeness (QED) is 0.822. The first kappa shape index (κ1) is 10.7. The molecule has 88 valence electrons. The Morgan fingerprint density at radius 3 is 2.75 bits per heavy atom. The highest BCUT2D eigenvalue weighted by molar-refractivity contribution is 7.09. The van der Waals surface area contributed by atoms with E-state index in [9.17, 15) is 0 Å². The number of aromatic nitrogens is 1. The molecule has 1 aromatic heterocycles. The molecular formula is C12H19N3S. The number of nitrogens with zero attached hydrogens (tertiary/aromatic N) is 2. The van der Waals surface area contributed by atoms with Crippen molar-refractivity contribution in [3.05, 3.63) is 16.1 Å². The van der Waals surface area contributed by atoms with Crippen LogP contribution in [0.2, 0.25) is 0 Å². The second-order valence-electron chi connectivity index (χ2n) is 5.04. The normalized spacial score (nSPS) is 20.6. The maximum atomic E-state index is 5.59. The first-order chi connectivity index (χ1) is 7.85. The number of hydrogen-bond donors (Lipinski definition) is 1. The fraction of sp³-hybridized carbons (Fsp3) is 0.750. The van der Waals surface area contributed by atoms with Crippen LogP contribution in [-0.2, 0) is 13.1 Å². The Morgan fingerprint density at radius 1 is 1.38 bits per heavy atom. The minimum Gasteiger partial charge on any atom is -0.325 e. The molecular weight excluding hydrogens is 218 g/mol. The highest BCUT2D eigenvalue weighted by Crippen LogP contribution is 2.35. The van der Waals surface area contributed by atoms with Crippen molar-refractivity contribution < 1.29 is 0 Å². The van der Waals surface area contributed by atoms with Crippen LogP contribution in [0, 0.1) is 5.92 Å². The Labute approximate surface area is 101 Å². The van der Waals surface area contributed by atoms with Crippen molar-refractivity contribution in [1.29, 1.82) is 0 Å². The van der Waals surface area contributed by atoms with E-state index >= 15 is 0 Å². The monoisotopic (exact) mass is 237 g/mol. The smallest absolute Gasteiger partial charge is 0.106 e. The minimum absolute atomic E-state index is 0.580. The number of thiazole rings is 1. The zero-order valence-electron chi connectivity index (χ0n) is 9.56. The lowest BCUT2D eigenvalue weighted by Crippen LogP contribution is -2.28. The average Bonchev–Trinajstić information content (AvgIpc) is 3.17. The summed E-state index contributed by atoms with van der Waals surface area (Å²) < 4.78 is 0. The molecule has 0 atom stereocenters. The van der Waals surface area contributed by atoms with E-state index in [1.807, 2.05) is 0 Å². The highest BCUT2D eigenvalue weighted by Gasteiger charge is 2.33. The van der Waals surface area contributed by atoms with Crippen LogP contribution in [0.25, 0.3) is 0 Å². The van der Waals surface area contributed by atoms with Crippen LogP contribution >= 0.6 is 11.3 Å². The van der Waals surface area contributed by atoms with Gasteiger partial charge in [0.05, 0.1) is 5.69 Å². The molecule has 0 aromatic carbocycles. The molecule has 3 nitrogen and oxygen atoms in total. The molecule has 2 aliphatic rings. The van der Waals surface area contributed by atoms with Gasteiger partial charge in [0.1, 0.15) is 5.01 Å². The number of nitrogens with two attached hydrogens (primary N) is 1. The molecule has 1 aromatic rings. The Balaban J connectivity index is 1.60. The molecule has 2 saturated carbocycles. The third kappa shape index (κ3) is 2.62. The molecule has 2 fully saturated rings. The molecule has 0 saturated heterocycles. The molecule has 16 heavy (non-hydrogen) atoms. The van der Waals surface area contributed by atoms with Crippen LogP contribution in [0.15, 0.2) is 5.38 Å². The third-order valence-corrected chi connectivity index (χ3v) is 4.31. The summed E-state index contributed by atoms with van der Waals surface area (Å²) in [6.07, 6.45) is 5.66. The van der Waals surface area contributed by atoms with Gasteiger partial charge < -0.3 is 5.73 Å². The number of rotatable bonds is 6. The Hall–Kier alpha value is -0.450. The van der Waals surface area contributed by atoms with E-state index in [1.165, 1.54) is 37.9 Å². The maximum absolute atomic E-state index is 5.59. The van der Waals surface area contributed by atoms with Crippen molar-refractivity contribution in [3.8, 4) is 0 Å². The SMILES string of the molecule is NCc1nc(CN(CC2CC2)C2CC2)cs1. The van der Waals surface area contributed by atoms with Gasteiger partial charge in [-0.2, -0.15) is 0 Å². The standard InChI is InChI=1S/C12H19N3S/c13-5-12-14-10(8-16-12)7-15(11-3-4-11)6-9-1-2-9/h8-9,11H,1-7,13H2. The molecule has 0 amide bonds. The Bertz CT molecular complexity index is 355. The predicted molar refractivity (Wildman–Crippen MR) is 66.2 cm³/mol. The van der Waals surface area contributed by atoms with Gasteiger partial charge in [0, 0.05) is 31.1 Å². The molecule has 4 heteroatoms. The van der Waals surface area contributed by atoms with Gasteiger partial charge in [0.15, 0.2) is 0 Å². The summed E-state index contributed by atoms with van der Waals surface area (Å²) in [5.74, 6) is 0.980. The second-order valence-corrected chi connectivity index (χ2v) is 5.98. The van der Waals surface area contributed by atoms with E-state index in [0.29, 0.717) is 6.54 Å². The topological polar surface area (TPSA) is 42.1 Å². The molecule has 0 radical (unpaired) electrons. The largest absolute Gasteiger partial charge is 0.325 e. The molecule has 1 heterocycles. The summed E-state index contributed by atoms with van der Waals surface area (Å²) >= 11 is 1.70. The molecule has 2 N–H and O–H groups in total. The summed E-state index contributed by atoms with van der Waals surface area (Å²) in [5.41, 5.74) is 6.81. The van der Waals surface area contributed by atoms with Crippen molar-refractivity contribution in [2.45, 2.75) is 44.8 Å². The second kappa shape index (κ2) is 4.43. The van der Waals surface area contributed by atoms with Crippen LogP contribution in [0.1, 0.15) is 36.4 Å². The summed E-state index contributed by atoms with van der Waals surface area (Å²) in [4.78, 5) is 7.19. The first-order valence-electron chi connectivity index (χ1n) is 6.22. The van der Waals surface area contributed by atoms with Crippen molar-refractivity contribution in [2.24, 2.45) is 11.7 Å². The summed E-state index contributed by atoms with van der Waals surface area (Å²) in [7, 11) is 0. The van der Waals surface area contributed by atoms with Gasteiger partial charge in [-0.1, -0.05) is 0 Å². The Kier molecular flexibility index (Phi) is 2.96. The lowest BCUT2D eigenvalue weighted by atomic mass is 10.3. The molecule has 0 aliphatic heterocycles. The maximum Gasteiger partial charge on any atom is 0.106 e. The van der Waals surface area contributed by atoms with Gasteiger partial charge in [-0.25, -0.2) is 4.98 Å². The molecule has 0 unspecified atom stereocenters. The zero-order valence-corrected chi connectivity index (χ0v) is 10.4. The fourth-order valence-electron chi connectivity index (χ4n) is 2.14. The Morgan fingerprint density at radius 2 is 2.19 bits per heavy atom. The van der Waals surface area contributed by atoms with Gasteiger partial charge in [0.2, 0.25) is 0 Å². The zero-order chi connectivity index (χ0) is 11.0. The van der Waals surface area contributed by atoms with E-state index in [4.69, 9.17) is 5.73 Å². The van der Waals surface area contributed by atoms with Crippen LogP contribution in [0.3, 0.4) is 0 Å². The van der Waals surface area contributed by atoms with Crippen LogP contribution < -0.4 is 5.73 Å². The van der Waals surface area contributed by atoms with Crippen LogP contribution in [0.5, 0.6) is 0 Å². The predicted octanol–water partition coefficient (Wildman–Crippen LogP) is 1.98. The van der Waals surface area contributed by atoms with Gasteiger partial charge in [-0.3, -0.25) is 4.90 Å². The summed E-state index contributed by atoms with van der Waals surface area (Å²) in [6.45, 7) is 2.91. The van der Waals surface area contributed by atoms with Crippen LogP contribution in [0.4, 0.5) is 0 Å². The molecule has 3 rings (SSSR count). The highest BCUT2D eigenvalue weighted by atomic mass is 32.1. The van der Waals surface area contributed by atoms with Crippen LogP contribution in [-0.4, -0.2) is 22.5 Å². The lowest BCUT2D eigenvalue weighted by Gasteiger charge is -2.20. The minimum atomic E-state index is 0.580. The van der Waals surface area contributed by atoms with E-state index in [2.05, 4.69) is 15.3 Å². The van der Waals surface area contributed by atoms with E-state index in [1.54, 1.807) is 11.3 Å². The van der Waals surface area contributed by atoms with E-state index in [0.717, 1.165) is 23.5 Å². The first-order valence-corrected chi connectivity index (χ1v) is 7.10. The van der Waals surface area contributed by atoms with Crippen molar-refractivity contribution in [1.82, 2.24) is 9.88 Å². The third-order valence-electron chi connectivity index (χ3n) is 3.39. The summed E-state index contributed by atoms with van der Waals surface area (Å²) in [5, 5.41) is 3.24. The molecule has 0 spiro atoms. The lowest BCUT2D eigenvalue weighted by molar-refractivity contribution is 0.241. The van der Waals surface area contributed by atoms with Crippen molar-refractivity contribution in [3.63, 3.8) is 0 Å². The molecule has 2 aliphatic carbocycles. The van der Waals surface area contributed by atoms with Crippen molar-refractivity contribution in [2.75, 3.05) is 6.54 Å². The van der Waals surface area contributed by atoms with Gasteiger partial charge in [-0.05, 0) is 31.6 Å². The summed E-state index contributed by atoms with van der Waals surface area (Å²) in [6, 6.07) is 0.851. The molecule has 0 bridgehead atoms. The average molecular weight is 237 g/mol. The van der Waals surface area contributed by atoms with E-state index in [-0.39, 0.29) is 0 Å². The van der Waals surface area contributed by atoms with E-state index < -0.39 is 0 Å².